The van der Waals surface area contributed by atoms with E-state index in [-0.39, 0.29) is 55.1 Å². The van der Waals surface area contributed by atoms with Gasteiger partial charge in [-0.2, -0.15) is 0 Å². The molecule has 0 aliphatic carbocycles. The SMILES string of the molecule is CCCCCCCCCCCC(=O)NCCC(=O)OCCO.[NaH]. The molecule has 0 unspecified atom stereocenters. The number of amides is 1. The third-order valence-corrected chi connectivity index (χ3v) is 3.51. The number of carbonyl (C=O) groups excluding carboxylic acids is 2. The minimum atomic E-state index is -0.391. The maximum absolute atomic E-state index is 11.5. The molecular weight excluding hydrogens is 305 g/mol. The molecule has 0 atom stereocenters. The van der Waals surface area contributed by atoms with Crippen LogP contribution in [0.15, 0.2) is 0 Å². The van der Waals surface area contributed by atoms with Gasteiger partial charge >= 0.3 is 35.5 Å². The number of ether oxygens (including phenoxy) is 1. The summed E-state index contributed by atoms with van der Waals surface area (Å²) in [6, 6.07) is 0. The number of aliphatic hydroxyl groups excluding tert-OH is 1. The van der Waals surface area contributed by atoms with Gasteiger partial charge in [0.05, 0.1) is 13.0 Å². The number of rotatable bonds is 15. The maximum atomic E-state index is 11.5. The molecule has 0 bridgehead atoms. The Kier molecular flexibility index (Phi) is 21.8. The predicted octanol–water partition coefficient (Wildman–Crippen LogP) is 2.30. The fraction of sp³-hybridized carbons (Fsp3) is 0.882. The molecule has 2 N–H and O–H groups in total. The van der Waals surface area contributed by atoms with Crippen LogP contribution < -0.4 is 5.32 Å². The van der Waals surface area contributed by atoms with Gasteiger partial charge in [0.25, 0.3) is 0 Å². The van der Waals surface area contributed by atoms with Crippen molar-refractivity contribution in [1.29, 1.82) is 0 Å². The molecule has 5 nitrogen and oxygen atoms in total. The number of unbranched alkanes of at least 4 members (excludes halogenated alkanes) is 8. The Morgan fingerprint density at radius 2 is 1.48 bits per heavy atom. The molecule has 0 radical (unpaired) electrons. The van der Waals surface area contributed by atoms with E-state index < -0.39 is 5.97 Å². The van der Waals surface area contributed by atoms with Gasteiger partial charge in [-0.1, -0.05) is 58.3 Å². The Hall–Kier alpha value is -0.100. The fourth-order valence-corrected chi connectivity index (χ4v) is 2.22. The van der Waals surface area contributed by atoms with Crippen molar-refractivity contribution in [1.82, 2.24) is 5.32 Å². The first-order chi connectivity index (χ1) is 10.7. The van der Waals surface area contributed by atoms with Crippen LogP contribution in [0.5, 0.6) is 0 Å². The van der Waals surface area contributed by atoms with Gasteiger partial charge in [-0.05, 0) is 6.42 Å². The van der Waals surface area contributed by atoms with Gasteiger partial charge in [-0.3, -0.25) is 9.59 Å². The quantitative estimate of drug-likeness (QED) is 0.273. The average Bonchev–Trinajstić information content (AvgIpc) is 2.51. The molecule has 0 rings (SSSR count). The number of esters is 1. The number of hydrogen-bond acceptors (Lipinski definition) is 4. The minimum absolute atomic E-state index is 0. The molecule has 0 aromatic rings. The molecule has 0 aliphatic heterocycles. The summed E-state index contributed by atoms with van der Waals surface area (Å²) in [5.74, 6) is -0.393. The van der Waals surface area contributed by atoms with Crippen molar-refractivity contribution in [3.63, 3.8) is 0 Å². The summed E-state index contributed by atoms with van der Waals surface area (Å²) >= 11 is 0. The standard InChI is InChI=1S/C17H33NO4.Na.H/c1-2-3-4-5-6-7-8-9-10-11-16(20)18-13-12-17(21)22-15-14-19;;/h19H,2-15H2,1H3,(H,18,20);;. The van der Waals surface area contributed by atoms with Gasteiger partial charge in [-0.25, -0.2) is 0 Å². The van der Waals surface area contributed by atoms with Crippen LogP contribution in [0.4, 0.5) is 0 Å². The van der Waals surface area contributed by atoms with Gasteiger partial charge < -0.3 is 15.2 Å². The molecule has 1 amide bonds. The van der Waals surface area contributed by atoms with Gasteiger partial charge in [0.2, 0.25) is 5.91 Å². The monoisotopic (exact) mass is 339 g/mol. The van der Waals surface area contributed by atoms with Gasteiger partial charge in [0, 0.05) is 13.0 Å². The first-order valence-electron chi connectivity index (χ1n) is 8.74. The van der Waals surface area contributed by atoms with Crippen LogP contribution in [0, 0.1) is 0 Å². The molecule has 132 valence electrons. The average molecular weight is 339 g/mol. The number of aliphatic hydroxyl groups is 1. The first-order valence-corrected chi connectivity index (χ1v) is 8.74. The third-order valence-electron chi connectivity index (χ3n) is 3.51. The summed E-state index contributed by atoms with van der Waals surface area (Å²) in [5, 5.41) is 11.2. The van der Waals surface area contributed by atoms with Crippen molar-refractivity contribution in [2.75, 3.05) is 19.8 Å². The molecule has 6 heteroatoms. The van der Waals surface area contributed by atoms with E-state index in [4.69, 9.17) is 9.84 Å². The topological polar surface area (TPSA) is 75.6 Å². The van der Waals surface area contributed by atoms with E-state index in [0.717, 1.165) is 12.8 Å². The van der Waals surface area contributed by atoms with Gasteiger partial charge in [0.1, 0.15) is 6.61 Å². The van der Waals surface area contributed by atoms with Crippen LogP contribution in [0.3, 0.4) is 0 Å². The van der Waals surface area contributed by atoms with Crippen LogP contribution in [-0.2, 0) is 14.3 Å². The van der Waals surface area contributed by atoms with Crippen LogP contribution >= 0.6 is 0 Å². The van der Waals surface area contributed by atoms with Crippen molar-refractivity contribution >= 4 is 41.4 Å². The summed E-state index contributed by atoms with van der Waals surface area (Å²) in [6.45, 7) is 2.38. The second-order valence-electron chi connectivity index (χ2n) is 5.62. The summed E-state index contributed by atoms with van der Waals surface area (Å²) in [5.41, 5.74) is 0. The molecule has 0 heterocycles. The zero-order valence-corrected chi connectivity index (χ0v) is 14.1. The van der Waals surface area contributed by atoms with Gasteiger partial charge in [0.15, 0.2) is 0 Å². The predicted molar refractivity (Wildman–Crippen MR) is 94.7 cm³/mol. The number of hydrogen-bond donors (Lipinski definition) is 2. The molecule has 0 saturated carbocycles. The van der Waals surface area contributed by atoms with Crippen molar-refractivity contribution in [2.24, 2.45) is 0 Å². The summed E-state index contributed by atoms with van der Waals surface area (Å²) in [7, 11) is 0. The van der Waals surface area contributed by atoms with E-state index in [0.29, 0.717) is 13.0 Å². The Bertz CT molecular complexity index is 288. The Morgan fingerprint density at radius 3 is 2.04 bits per heavy atom. The molecule has 0 saturated heterocycles. The molecule has 0 spiro atoms. The summed E-state index contributed by atoms with van der Waals surface area (Å²) in [4.78, 5) is 22.7. The molecule has 0 aromatic heterocycles. The summed E-state index contributed by atoms with van der Waals surface area (Å²) < 4.78 is 4.69. The van der Waals surface area contributed by atoms with E-state index >= 15 is 0 Å². The zero-order chi connectivity index (χ0) is 16.5. The fourth-order valence-electron chi connectivity index (χ4n) is 2.22. The second kappa shape index (κ2) is 19.9. The molecule has 0 aliphatic rings. The van der Waals surface area contributed by atoms with Crippen molar-refractivity contribution in [2.45, 2.75) is 77.6 Å². The molecule has 0 aromatic carbocycles. The molecule has 23 heavy (non-hydrogen) atoms. The van der Waals surface area contributed by atoms with Crippen molar-refractivity contribution in [3.8, 4) is 0 Å². The van der Waals surface area contributed by atoms with E-state index in [2.05, 4.69) is 12.2 Å². The second-order valence-corrected chi connectivity index (χ2v) is 5.62. The molecular formula is C17H34NNaO4. The van der Waals surface area contributed by atoms with Crippen molar-refractivity contribution < 1.29 is 19.4 Å². The van der Waals surface area contributed by atoms with Crippen LogP contribution in [-0.4, -0.2) is 66.3 Å². The van der Waals surface area contributed by atoms with Crippen molar-refractivity contribution in [3.05, 3.63) is 0 Å². The Morgan fingerprint density at radius 1 is 0.913 bits per heavy atom. The molecule has 0 fully saturated rings. The van der Waals surface area contributed by atoms with Crippen LogP contribution in [0.1, 0.15) is 77.6 Å². The number of nitrogens with one attached hydrogen (secondary N) is 1. The third kappa shape index (κ3) is 19.9. The first kappa shape index (κ1) is 25.1. The van der Waals surface area contributed by atoms with Crippen LogP contribution in [0.2, 0.25) is 0 Å². The van der Waals surface area contributed by atoms with Crippen LogP contribution in [0.25, 0.3) is 0 Å². The van der Waals surface area contributed by atoms with E-state index in [1.807, 2.05) is 0 Å². The van der Waals surface area contributed by atoms with E-state index in [9.17, 15) is 9.59 Å². The Balaban J connectivity index is 0. The Labute approximate surface area is 163 Å². The summed E-state index contributed by atoms with van der Waals surface area (Å²) in [6.07, 6.45) is 11.8. The number of carbonyl (C=O) groups is 2. The normalized spacial score (nSPS) is 10.0. The van der Waals surface area contributed by atoms with E-state index in [1.165, 1.54) is 44.9 Å². The van der Waals surface area contributed by atoms with E-state index in [1.54, 1.807) is 0 Å². The van der Waals surface area contributed by atoms with Gasteiger partial charge in [-0.15, -0.1) is 0 Å². The zero-order valence-electron chi connectivity index (χ0n) is 14.1.